The lowest BCUT2D eigenvalue weighted by Gasteiger charge is -2.10. The van der Waals surface area contributed by atoms with Crippen LogP contribution in [0.15, 0.2) is 18.2 Å². The Bertz CT molecular complexity index is 601. The maximum absolute atomic E-state index is 11.7. The van der Waals surface area contributed by atoms with Gasteiger partial charge in [0, 0.05) is 19.0 Å². The number of anilines is 1. The van der Waals surface area contributed by atoms with Gasteiger partial charge in [-0.05, 0) is 32.4 Å². The predicted molar refractivity (Wildman–Crippen MR) is 76.8 cm³/mol. The van der Waals surface area contributed by atoms with Crippen molar-refractivity contribution in [2.75, 3.05) is 5.73 Å². The van der Waals surface area contributed by atoms with Gasteiger partial charge in [-0.1, -0.05) is 12.1 Å². The van der Waals surface area contributed by atoms with Gasteiger partial charge in [0.25, 0.3) is 0 Å². The quantitative estimate of drug-likeness (QED) is 0.881. The van der Waals surface area contributed by atoms with Crippen LogP contribution >= 0.6 is 0 Å². The van der Waals surface area contributed by atoms with Crippen LogP contribution in [0.25, 0.3) is 11.0 Å². The van der Waals surface area contributed by atoms with E-state index < -0.39 is 0 Å². The van der Waals surface area contributed by atoms with Crippen LogP contribution in [0, 0.1) is 6.92 Å². The lowest BCUT2D eigenvalue weighted by atomic mass is 10.2. The number of benzene rings is 1. The Morgan fingerprint density at radius 1 is 1.47 bits per heavy atom. The van der Waals surface area contributed by atoms with Crippen molar-refractivity contribution in [1.82, 2.24) is 14.9 Å². The van der Waals surface area contributed by atoms with Gasteiger partial charge in [0.1, 0.15) is 0 Å². The van der Waals surface area contributed by atoms with Crippen LogP contribution < -0.4 is 11.1 Å². The molecular formula is C14H20N4O. The van der Waals surface area contributed by atoms with Crippen molar-refractivity contribution in [1.29, 1.82) is 0 Å². The zero-order chi connectivity index (χ0) is 14.0. The Morgan fingerprint density at radius 3 is 2.89 bits per heavy atom. The minimum atomic E-state index is 0.0323. The minimum Gasteiger partial charge on any atom is -0.369 e. The van der Waals surface area contributed by atoms with E-state index >= 15 is 0 Å². The summed E-state index contributed by atoms with van der Waals surface area (Å²) >= 11 is 0. The summed E-state index contributed by atoms with van der Waals surface area (Å²) in [4.78, 5) is 16.0. The summed E-state index contributed by atoms with van der Waals surface area (Å²) in [6.45, 7) is 6.46. The van der Waals surface area contributed by atoms with E-state index in [0.29, 0.717) is 18.9 Å². The molecule has 0 atom stereocenters. The summed E-state index contributed by atoms with van der Waals surface area (Å²) in [6, 6.07) is 6.07. The minimum absolute atomic E-state index is 0.0323. The van der Waals surface area contributed by atoms with Crippen molar-refractivity contribution in [2.45, 2.75) is 39.8 Å². The summed E-state index contributed by atoms with van der Waals surface area (Å²) in [6.07, 6.45) is 0.405. The van der Waals surface area contributed by atoms with Gasteiger partial charge in [0.05, 0.1) is 11.0 Å². The first-order chi connectivity index (χ1) is 8.99. The summed E-state index contributed by atoms with van der Waals surface area (Å²) < 4.78 is 1.91. The molecule has 1 aromatic heterocycles. The second-order valence-corrected chi connectivity index (χ2v) is 5.04. The van der Waals surface area contributed by atoms with Gasteiger partial charge < -0.3 is 15.6 Å². The van der Waals surface area contributed by atoms with Crippen LogP contribution in [0.4, 0.5) is 5.95 Å². The Hall–Kier alpha value is -2.04. The third-order valence-corrected chi connectivity index (χ3v) is 3.01. The van der Waals surface area contributed by atoms with Crippen LogP contribution in [-0.2, 0) is 11.3 Å². The van der Waals surface area contributed by atoms with E-state index in [1.807, 2.05) is 43.5 Å². The van der Waals surface area contributed by atoms with Gasteiger partial charge in [-0.15, -0.1) is 0 Å². The van der Waals surface area contributed by atoms with Gasteiger partial charge in [0.2, 0.25) is 11.9 Å². The first kappa shape index (κ1) is 13.4. The Morgan fingerprint density at radius 2 is 2.21 bits per heavy atom. The third-order valence-electron chi connectivity index (χ3n) is 3.01. The first-order valence-electron chi connectivity index (χ1n) is 6.49. The van der Waals surface area contributed by atoms with Gasteiger partial charge in [-0.2, -0.15) is 0 Å². The predicted octanol–water partition coefficient (Wildman–Crippen LogP) is 1.84. The molecule has 0 aliphatic carbocycles. The number of fused-ring (bicyclic) bond motifs is 1. The highest BCUT2D eigenvalue weighted by Crippen LogP contribution is 2.21. The van der Waals surface area contributed by atoms with Gasteiger partial charge in [0.15, 0.2) is 0 Å². The van der Waals surface area contributed by atoms with Crippen molar-refractivity contribution in [3.05, 3.63) is 23.8 Å². The number of aromatic nitrogens is 2. The number of amides is 1. The number of aryl methyl sites for hydroxylation is 2. The number of hydrogen-bond donors (Lipinski definition) is 2. The maximum Gasteiger partial charge on any atom is 0.221 e. The van der Waals surface area contributed by atoms with Crippen molar-refractivity contribution in [2.24, 2.45) is 0 Å². The van der Waals surface area contributed by atoms with E-state index in [1.54, 1.807) is 0 Å². The standard InChI is InChI=1S/C14H20N4O/c1-9(2)16-12(19)7-8-18-13-10(3)5-4-6-11(13)17-14(18)15/h4-6,9H,7-8H2,1-3H3,(H2,15,17)(H,16,19). The Balaban J connectivity index is 2.21. The van der Waals surface area contributed by atoms with E-state index in [4.69, 9.17) is 5.73 Å². The van der Waals surface area contributed by atoms with Crippen LogP contribution in [0.5, 0.6) is 0 Å². The van der Waals surface area contributed by atoms with Gasteiger partial charge in [-0.25, -0.2) is 4.98 Å². The van der Waals surface area contributed by atoms with Crippen LogP contribution in [0.3, 0.4) is 0 Å². The fourth-order valence-electron chi connectivity index (χ4n) is 2.22. The second-order valence-electron chi connectivity index (χ2n) is 5.04. The van der Waals surface area contributed by atoms with E-state index in [1.165, 1.54) is 0 Å². The van der Waals surface area contributed by atoms with Crippen LogP contribution in [0.2, 0.25) is 0 Å². The zero-order valence-electron chi connectivity index (χ0n) is 11.6. The molecule has 0 saturated heterocycles. The lowest BCUT2D eigenvalue weighted by Crippen LogP contribution is -2.30. The number of hydrogen-bond acceptors (Lipinski definition) is 3. The lowest BCUT2D eigenvalue weighted by molar-refractivity contribution is -0.121. The highest BCUT2D eigenvalue weighted by Gasteiger charge is 2.11. The van der Waals surface area contributed by atoms with E-state index in [2.05, 4.69) is 10.3 Å². The SMILES string of the molecule is Cc1cccc2nc(N)n(CCC(=O)NC(C)C)c12. The van der Waals surface area contributed by atoms with Crippen LogP contribution in [-0.4, -0.2) is 21.5 Å². The molecule has 2 aromatic rings. The van der Waals surface area contributed by atoms with Gasteiger partial charge in [-0.3, -0.25) is 4.79 Å². The molecule has 0 saturated carbocycles. The zero-order valence-corrected chi connectivity index (χ0v) is 11.6. The van der Waals surface area contributed by atoms with Crippen molar-refractivity contribution < 1.29 is 4.79 Å². The molecule has 1 amide bonds. The molecule has 0 aliphatic rings. The van der Waals surface area contributed by atoms with Crippen LogP contribution in [0.1, 0.15) is 25.8 Å². The molecule has 5 heteroatoms. The first-order valence-corrected chi connectivity index (χ1v) is 6.49. The molecule has 0 spiro atoms. The largest absolute Gasteiger partial charge is 0.369 e. The fourth-order valence-corrected chi connectivity index (χ4v) is 2.22. The number of carbonyl (C=O) groups is 1. The third kappa shape index (κ3) is 2.86. The topological polar surface area (TPSA) is 72.9 Å². The van der Waals surface area contributed by atoms with E-state index in [9.17, 15) is 4.79 Å². The molecule has 2 rings (SSSR count). The number of imidazole rings is 1. The molecule has 0 bridgehead atoms. The number of carbonyl (C=O) groups excluding carboxylic acids is 1. The van der Waals surface area contributed by atoms with Crippen molar-refractivity contribution in [3.8, 4) is 0 Å². The number of nitrogens with two attached hydrogens (primary N) is 1. The number of nitrogens with zero attached hydrogens (tertiary/aromatic N) is 2. The molecule has 5 nitrogen and oxygen atoms in total. The normalized spacial score (nSPS) is 11.2. The summed E-state index contributed by atoms with van der Waals surface area (Å²) in [5.74, 6) is 0.492. The fraction of sp³-hybridized carbons (Fsp3) is 0.429. The van der Waals surface area contributed by atoms with Crippen molar-refractivity contribution in [3.63, 3.8) is 0 Å². The molecule has 0 unspecified atom stereocenters. The van der Waals surface area contributed by atoms with Gasteiger partial charge >= 0.3 is 0 Å². The molecule has 3 N–H and O–H groups in total. The van der Waals surface area contributed by atoms with E-state index in [-0.39, 0.29) is 11.9 Å². The Kier molecular flexibility index (Phi) is 3.74. The highest BCUT2D eigenvalue weighted by atomic mass is 16.1. The average molecular weight is 260 g/mol. The molecule has 1 aromatic carbocycles. The molecule has 0 aliphatic heterocycles. The summed E-state index contributed by atoms with van der Waals surface area (Å²) in [5, 5.41) is 2.87. The number of nitrogen functional groups attached to an aromatic ring is 1. The number of para-hydroxylation sites is 1. The number of rotatable bonds is 4. The average Bonchev–Trinajstić information content (AvgIpc) is 2.63. The van der Waals surface area contributed by atoms with E-state index in [0.717, 1.165) is 16.6 Å². The highest BCUT2D eigenvalue weighted by molar-refractivity contribution is 5.82. The summed E-state index contributed by atoms with van der Waals surface area (Å²) in [5.41, 5.74) is 8.93. The maximum atomic E-state index is 11.7. The second kappa shape index (κ2) is 5.30. The molecule has 0 fully saturated rings. The molecule has 19 heavy (non-hydrogen) atoms. The summed E-state index contributed by atoms with van der Waals surface area (Å²) in [7, 11) is 0. The Labute approximate surface area is 112 Å². The molecule has 1 heterocycles. The molecule has 0 radical (unpaired) electrons. The smallest absolute Gasteiger partial charge is 0.221 e. The van der Waals surface area contributed by atoms with Crippen molar-refractivity contribution >= 4 is 22.9 Å². The molecular weight excluding hydrogens is 240 g/mol. The molecule has 102 valence electrons. The monoisotopic (exact) mass is 260 g/mol. The number of nitrogens with one attached hydrogen (secondary N) is 1.